The van der Waals surface area contributed by atoms with E-state index < -0.39 is 0 Å². The molecule has 1 aromatic heterocycles. The van der Waals surface area contributed by atoms with Gasteiger partial charge >= 0.3 is 0 Å². The van der Waals surface area contributed by atoms with Crippen molar-refractivity contribution in [1.82, 2.24) is 14.7 Å². The fourth-order valence-electron chi connectivity index (χ4n) is 4.31. The number of hydrogen-bond donors (Lipinski definition) is 0. The molecular formula is C22H26ClN3O3. The number of methoxy groups -OCH3 is 1. The van der Waals surface area contributed by atoms with Crippen LogP contribution in [0.5, 0.6) is 5.75 Å². The van der Waals surface area contributed by atoms with Crippen LogP contribution >= 0.6 is 11.6 Å². The number of carbonyl (C=O) groups is 1. The number of aryl methyl sites for hydroxylation is 2. The number of carbonyl (C=O) groups excluding carboxylic acids is 1. The van der Waals surface area contributed by atoms with E-state index in [-0.39, 0.29) is 11.5 Å². The molecule has 2 aliphatic rings. The smallest absolute Gasteiger partial charge is 0.267 e. The molecular weight excluding hydrogens is 390 g/mol. The monoisotopic (exact) mass is 415 g/mol. The van der Waals surface area contributed by atoms with Gasteiger partial charge in [0.15, 0.2) is 0 Å². The lowest BCUT2D eigenvalue weighted by molar-refractivity contribution is 0.0677. The highest BCUT2D eigenvalue weighted by Gasteiger charge is 2.26. The Labute approximate surface area is 175 Å². The average molecular weight is 416 g/mol. The number of rotatable bonds is 4. The summed E-state index contributed by atoms with van der Waals surface area (Å²) in [6.07, 6.45) is 5.91. The zero-order chi connectivity index (χ0) is 20.4. The second kappa shape index (κ2) is 8.57. The van der Waals surface area contributed by atoms with Crippen LogP contribution < -0.4 is 10.3 Å². The lowest BCUT2D eigenvalue weighted by Crippen LogP contribution is -2.40. The molecule has 4 rings (SSSR count). The van der Waals surface area contributed by atoms with E-state index in [1.165, 1.54) is 0 Å². The molecule has 0 radical (unpaired) electrons. The number of aromatic nitrogens is 2. The van der Waals surface area contributed by atoms with Crippen molar-refractivity contribution < 1.29 is 9.53 Å². The summed E-state index contributed by atoms with van der Waals surface area (Å²) < 4.78 is 6.95. The fourth-order valence-corrected chi connectivity index (χ4v) is 4.48. The standard InChI is InChI=1S/C22H26ClN3O3/c1-29-20-7-6-17(23)13-18(20)22(28)25-10-8-15(9-11-25)14-26-21(27)12-16-4-2-3-5-19(16)24-26/h6-7,12-13,15H,2-5,8-11,14H2,1H3. The summed E-state index contributed by atoms with van der Waals surface area (Å²) in [6.45, 7) is 1.92. The zero-order valence-corrected chi connectivity index (χ0v) is 17.5. The van der Waals surface area contributed by atoms with E-state index in [2.05, 4.69) is 5.10 Å². The lowest BCUT2D eigenvalue weighted by atomic mass is 9.95. The van der Waals surface area contributed by atoms with Crippen LogP contribution in [-0.2, 0) is 19.4 Å². The quantitative estimate of drug-likeness (QED) is 0.768. The SMILES string of the molecule is COc1ccc(Cl)cc1C(=O)N1CCC(Cn2nc3c(cc2=O)CCCC3)CC1. The third-order valence-electron chi connectivity index (χ3n) is 6.00. The van der Waals surface area contributed by atoms with Crippen molar-refractivity contribution >= 4 is 17.5 Å². The number of hydrogen-bond acceptors (Lipinski definition) is 4. The van der Waals surface area contributed by atoms with E-state index in [4.69, 9.17) is 16.3 Å². The maximum absolute atomic E-state index is 12.9. The average Bonchev–Trinajstić information content (AvgIpc) is 2.74. The van der Waals surface area contributed by atoms with Gasteiger partial charge in [-0.05, 0) is 68.2 Å². The van der Waals surface area contributed by atoms with Crippen LogP contribution in [0.1, 0.15) is 47.3 Å². The number of benzene rings is 1. The second-order valence-corrected chi connectivity index (χ2v) is 8.36. The van der Waals surface area contributed by atoms with Gasteiger partial charge in [0.05, 0.1) is 18.4 Å². The summed E-state index contributed by atoms with van der Waals surface area (Å²) in [4.78, 5) is 27.2. The topological polar surface area (TPSA) is 64.4 Å². The first-order chi connectivity index (χ1) is 14.0. The van der Waals surface area contributed by atoms with Gasteiger partial charge in [-0.15, -0.1) is 0 Å². The summed E-state index contributed by atoms with van der Waals surface area (Å²) >= 11 is 6.07. The summed E-state index contributed by atoms with van der Waals surface area (Å²) in [5.41, 5.74) is 2.68. The Morgan fingerprint density at radius 2 is 1.97 bits per heavy atom. The highest BCUT2D eigenvalue weighted by atomic mass is 35.5. The molecule has 0 N–H and O–H groups in total. The van der Waals surface area contributed by atoms with Gasteiger partial charge in [-0.2, -0.15) is 5.10 Å². The van der Waals surface area contributed by atoms with Crippen LogP contribution in [0.2, 0.25) is 5.02 Å². The Balaban J connectivity index is 1.41. The van der Waals surface area contributed by atoms with Crippen molar-refractivity contribution in [2.24, 2.45) is 5.92 Å². The highest BCUT2D eigenvalue weighted by molar-refractivity contribution is 6.31. The third-order valence-corrected chi connectivity index (χ3v) is 6.23. The minimum atomic E-state index is -0.0631. The molecule has 0 saturated carbocycles. The number of fused-ring (bicyclic) bond motifs is 1. The molecule has 1 aliphatic carbocycles. The second-order valence-electron chi connectivity index (χ2n) is 7.92. The third kappa shape index (κ3) is 4.32. The molecule has 29 heavy (non-hydrogen) atoms. The molecule has 1 aliphatic heterocycles. The number of nitrogens with zero attached hydrogens (tertiary/aromatic N) is 3. The van der Waals surface area contributed by atoms with Crippen LogP contribution in [0.15, 0.2) is 29.1 Å². The van der Waals surface area contributed by atoms with Gasteiger partial charge in [0, 0.05) is 30.7 Å². The molecule has 1 aromatic carbocycles. The first-order valence-electron chi connectivity index (χ1n) is 10.3. The van der Waals surface area contributed by atoms with Crippen molar-refractivity contribution in [1.29, 1.82) is 0 Å². The number of amides is 1. The van der Waals surface area contributed by atoms with Crippen LogP contribution in [0, 0.1) is 5.92 Å². The molecule has 154 valence electrons. The minimum absolute atomic E-state index is 0.00665. The van der Waals surface area contributed by atoms with E-state index >= 15 is 0 Å². The highest BCUT2D eigenvalue weighted by Crippen LogP contribution is 2.27. The van der Waals surface area contributed by atoms with Gasteiger partial charge in [0.2, 0.25) is 0 Å². The number of piperidine rings is 1. The fraction of sp³-hybridized carbons (Fsp3) is 0.500. The van der Waals surface area contributed by atoms with Gasteiger partial charge in [-0.1, -0.05) is 11.6 Å². The molecule has 7 heteroatoms. The molecule has 6 nitrogen and oxygen atoms in total. The van der Waals surface area contributed by atoms with Crippen molar-refractivity contribution in [3.05, 3.63) is 56.5 Å². The predicted octanol–water partition coefficient (Wildman–Crippen LogP) is 3.34. The van der Waals surface area contributed by atoms with Crippen molar-refractivity contribution in [3.63, 3.8) is 0 Å². The summed E-state index contributed by atoms with van der Waals surface area (Å²) in [5, 5.41) is 5.15. The van der Waals surface area contributed by atoms with Gasteiger partial charge in [0.25, 0.3) is 11.5 Å². The molecule has 0 bridgehead atoms. The first kappa shape index (κ1) is 20.0. The van der Waals surface area contributed by atoms with Crippen molar-refractivity contribution in [2.45, 2.75) is 45.1 Å². The Bertz CT molecular complexity index is 964. The summed E-state index contributed by atoms with van der Waals surface area (Å²) in [5.74, 6) is 0.811. The maximum atomic E-state index is 12.9. The Morgan fingerprint density at radius 3 is 2.72 bits per heavy atom. The van der Waals surface area contributed by atoms with Gasteiger partial charge in [0.1, 0.15) is 5.75 Å². The van der Waals surface area contributed by atoms with Gasteiger partial charge in [-0.3, -0.25) is 9.59 Å². The van der Waals surface area contributed by atoms with Gasteiger partial charge in [-0.25, -0.2) is 4.68 Å². The number of likely N-dealkylation sites (tertiary alicyclic amines) is 1. The van der Waals surface area contributed by atoms with Crippen molar-refractivity contribution in [3.8, 4) is 5.75 Å². The largest absolute Gasteiger partial charge is 0.496 e. The van der Waals surface area contributed by atoms with E-state index in [0.29, 0.717) is 41.9 Å². The van der Waals surface area contributed by atoms with Crippen molar-refractivity contribution in [2.75, 3.05) is 20.2 Å². The maximum Gasteiger partial charge on any atom is 0.267 e. The van der Waals surface area contributed by atoms with Crippen LogP contribution in [0.3, 0.4) is 0 Å². The van der Waals surface area contributed by atoms with E-state index in [1.54, 1.807) is 36.1 Å². The lowest BCUT2D eigenvalue weighted by Gasteiger charge is -2.32. The minimum Gasteiger partial charge on any atom is -0.496 e. The van der Waals surface area contributed by atoms with Crippen LogP contribution in [0.4, 0.5) is 0 Å². The van der Waals surface area contributed by atoms with Gasteiger partial charge < -0.3 is 9.64 Å². The molecule has 1 fully saturated rings. The zero-order valence-electron chi connectivity index (χ0n) is 16.7. The van der Waals surface area contributed by atoms with Crippen LogP contribution in [0.25, 0.3) is 0 Å². The molecule has 2 heterocycles. The molecule has 0 spiro atoms. The van der Waals surface area contributed by atoms with E-state index in [1.807, 2.05) is 4.90 Å². The molecule has 1 amide bonds. The molecule has 0 unspecified atom stereocenters. The van der Waals surface area contributed by atoms with E-state index in [9.17, 15) is 9.59 Å². The van der Waals surface area contributed by atoms with Crippen LogP contribution in [-0.4, -0.2) is 40.8 Å². The molecule has 1 saturated heterocycles. The summed E-state index contributed by atoms with van der Waals surface area (Å²) in [7, 11) is 1.55. The van der Waals surface area contributed by atoms with E-state index in [0.717, 1.165) is 49.8 Å². The number of ether oxygens (including phenoxy) is 1. The first-order valence-corrected chi connectivity index (χ1v) is 10.7. The molecule has 2 aromatic rings. The Morgan fingerprint density at radius 1 is 1.21 bits per heavy atom. The predicted molar refractivity (Wildman–Crippen MR) is 112 cm³/mol. The normalized spacial score (nSPS) is 17.1. The number of halogens is 1. The molecule has 0 atom stereocenters. The Kier molecular flexibility index (Phi) is 5.90. The summed E-state index contributed by atoms with van der Waals surface area (Å²) in [6, 6.07) is 6.86. The Hall–Kier alpha value is -2.34.